The number of fused-ring (bicyclic) bond motifs is 2. The summed E-state index contributed by atoms with van der Waals surface area (Å²) in [6.07, 6.45) is 0.765. The third-order valence-corrected chi connectivity index (χ3v) is 8.77. The third kappa shape index (κ3) is 3.70. The van der Waals surface area contributed by atoms with Crippen LogP contribution in [0.5, 0.6) is 11.5 Å². The van der Waals surface area contributed by atoms with Crippen molar-refractivity contribution < 1.29 is 27.1 Å². The molecule has 2 aliphatic heterocycles. The van der Waals surface area contributed by atoms with Crippen LogP contribution in [0, 0.1) is 11.7 Å². The summed E-state index contributed by atoms with van der Waals surface area (Å²) in [5.74, 6) is 0.238. The molecule has 11 heteroatoms. The van der Waals surface area contributed by atoms with Gasteiger partial charge in [0.25, 0.3) is 5.91 Å². The molecule has 32 heavy (non-hydrogen) atoms. The van der Waals surface area contributed by atoms with Gasteiger partial charge in [-0.15, -0.1) is 0 Å². The van der Waals surface area contributed by atoms with Gasteiger partial charge in [0, 0.05) is 38.2 Å². The Morgan fingerprint density at radius 3 is 2.47 bits per heavy atom. The lowest BCUT2D eigenvalue weighted by atomic mass is 9.98. The molecule has 2 aliphatic rings. The largest absolute Gasteiger partial charge is 0.454 e. The molecule has 1 fully saturated rings. The maximum Gasteiger partial charge on any atom is 0.251 e. The number of carbonyl (C=O) groups excluding carboxylic acids is 1. The summed E-state index contributed by atoms with van der Waals surface area (Å²) in [7, 11) is -1.88. The summed E-state index contributed by atoms with van der Waals surface area (Å²) in [4.78, 5) is 17.8. The number of benzene rings is 2. The Balaban J connectivity index is 1.32. The van der Waals surface area contributed by atoms with Crippen LogP contribution in [-0.4, -0.2) is 43.1 Å². The molecule has 0 spiro atoms. The van der Waals surface area contributed by atoms with E-state index in [1.165, 1.54) is 27.8 Å². The fourth-order valence-electron chi connectivity index (χ4n) is 3.91. The number of amides is 1. The standard InChI is InChI=1S/C21H20FN3O5S2/c1-24-16-10-17-18(30-12-29-17)11-19(16)31-21(24)23-20(26)13-6-8-25(9-7-13)32(27,28)15-4-2-14(22)3-5-15/h2-5,10-11,13H,6-9,12H2,1H3. The molecule has 3 heterocycles. The highest BCUT2D eigenvalue weighted by Crippen LogP contribution is 2.36. The van der Waals surface area contributed by atoms with E-state index in [2.05, 4.69) is 4.99 Å². The SMILES string of the molecule is Cn1c(=NC(=O)C2CCN(S(=O)(=O)c3ccc(F)cc3)CC2)sc2cc3c(cc21)OCO3. The van der Waals surface area contributed by atoms with E-state index < -0.39 is 15.8 Å². The Morgan fingerprint density at radius 1 is 1.12 bits per heavy atom. The Labute approximate surface area is 187 Å². The number of thiazole rings is 1. The highest BCUT2D eigenvalue weighted by Gasteiger charge is 2.32. The van der Waals surface area contributed by atoms with Crippen LogP contribution < -0.4 is 14.3 Å². The molecule has 0 unspecified atom stereocenters. The molecule has 2 aromatic carbocycles. The number of sulfonamides is 1. The molecule has 1 aromatic heterocycles. The second kappa shape index (κ2) is 7.98. The van der Waals surface area contributed by atoms with E-state index in [1.54, 1.807) is 0 Å². The van der Waals surface area contributed by atoms with Gasteiger partial charge in [0.1, 0.15) is 5.82 Å². The summed E-state index contributed by atoms with van der Waals surface area (Å²) in [6, 6.07) is 8.51. The number of rotatable bonds is 3. The van der Waals surface area contributed by atoms with E-state index >= 15 is 0 Å². The second-order valence-corrected chi connectivity index (χ2v) is 10.6. The van der Waals surface area contributed by atoms with Crippen molar-refractivity contribution in [1.29, 1.82) is 0 Å². The van der Waals surface area contributed by atoms with E-state index in [0.29, 0.717) is 29.1 Å². The topological polar surface area (TPSA) is 90.2 Å². The number of aromatic nitrogens is 1. The van der Waals surface area contributed by atoms with E-state index in [1.807, 2.05) is 23.7 Å². The maximum atomic E-state index is 13.1. The molecule has 0 saturated carbocycles. The van der Waals surface area contributed by atoms with Gasteiger partial charge < -0.3 is 14.0 Å². The van der Waals surface area contributed by atoms with Crippen LogP contribution in [-0.2, 0) is 21.9 Å². The van der Waals surface area contributed by atoms with Crippen LogP contribution in [0.3, 0.4) is 0 Å². The molecule has 3 aromatic rings. The average molecular weight is 478 g/mol. The number of hydrogen-bond donors (Lipinski definition) is 0. The monoisotopic (exact) mass is 477 g/mol. The minimum atomic E-state index is -3.72. The van der Waals surface area contributed by atoms with Gasteiger partial charge in [-0.25, -0.2) is 12.8 Å². The van der Waals surface area contributed by atoms with Gasteiger partial charge in [0.05, 0.1) is 15.1 Å². The first kappa shape index (κ1) is 21.1. The number of hydrogen-bond acceptors (Lipinski definition) is 6. The zero-order valence-corrected chi connectivity index (χ0v) is 18.8. The van der Waals surface area contributed by atoms with Gasteiger partial charge >= 0.3 is 0 Å². The molecule has 0 N–H and O–H groups in total. The van der Waals surface area contributed by atoms with Crippen molar-refractivity contribution in [3.63, 3.8) is 0 Å². The smallest absolute Gasteiger partial charge is 0.251 e. The predicted octanol–water partition coefficient (Wildman–Crippen LogP) is 2.64. The molecule has 8 nitrogen and oxygen atoms in total. The maximum absolute atomic E-state index is 13.1. The van der Waals surface area contributed by atoms with Crippen molar-refractivity contribution in [2.45, 2.75) is 17.7 Å². The molecule has 0 atom stereocenters. The van der Waals surface area contributed by atoms with Crippen LogP contribution >= 0.6 is 11.3 Å². The molecule has 1 saturated heterocycles. The third-order valence-electron chi connectivity index (χ3n) is 5.76. The summed E-state index contributed by atoms with van der Waals surface area (Å²) in [5.41, 5.74) is 0.894. The highest BCUT2D eigenvalue weighted by molar-refractivity contribution is 7.89. The number of ether oxygens (including phenoxy) is 2. The van der Waals surface area contributed by atoms with E-state index in [4.69, 9.17) is 9.47 Å². The molecule has 5 rings (SSSR count). The number of halogens is 1. The Bertz CT molecular complexity index is 1370. The zero-order valence-electron chi connectivity index (χ0n) is 17.2. The lowest BCUT2D eigenvalue weighted by Gasteiger charge is -2.29. The van der Waals surface area contributed by atoms with Crippen LogP contribution in [0.15, 0.2) is 46.3 Å². The van der Waals surface area contributed by atoms with Crippen molar-refractivity contribution in [2.24, 2.45) is 18.0 Å². The van der Waals surface area contributed by atoms with Crippen LogP contribution in [0.4, 0.5) is 4.39 Å². The summed E-state index contributed by atoms with van der Waals surface area (Å²) in [5, 5.41) is 0. The number of piperidine rings is 1. The number of aryl methyl sites for hydroxylation is 1. The number of carbonyl (C=O) groups is 1. The van der Waals surface area contributed by atoms with Crippen molar-refractivity contribution in [1.82, 2.24) is 8.87 Å². The second-order valence-electron chi connectivity index (χ2n) is 7.70. The summed E-state index contributed by atoms with van der Waals surface area (Å²) in [6.45, 7) is 0.624. The predicted molar refractivity (Wildman–Crippen MR) is 115 cm³/mol. The molecule has 0 radical (unpaired) electrons. The summed E-state index contributed by atoms with van der Waals surface area (Å²) < 4.78 is 53.6. The molecule has 1 amide bonds. The van der Waals surface area contributed by atoms with Gasteiger partial charge in [-0.3, -0.25) is 4.79 Å². The lowest BCUT2D eigenvalue weighted by Crippen LogP contribution is -2.40. The fraction of sp³-hybridized carbons (Fsp3) is 0.333. The van der Waals surface area contributed by atoms with Gasteiger partial charge in [-0.05, 0) is 37.1 Å². The molecular formula is C21H20FN3O5S2. The molecule has 0 aliphatic carbocycles. The van der Waals surface area contributed by atoms with E-state index in [-0.39, 0.29) is 36.6 Å². The first-order chi connectivity index (χ1) is 15.3. The van der Waals surface area contributed by atoms with Gasteiger partial charge in [-0.1, -0.05) is 11.3 Å². The number of nitrogens with zero attached hydrogens (tertiary/aromatic N) is 3. The summed E-state index contributed by atoms with van der Waals surface area (Å²) >= 11 is 1.39. The van der Waals surface area contributed by atoms with Gasteiger partial charge in [0.15, 0.2) is 16.3 Å². The van der Waals surface area contributed by atoms with Crippen molar-refractivity contribution in [3.8, 4) is 11.5 Å². The van der Waals surface area contributed by atoms with E-state index in [0.717, 1.165) is 22.3 Å². The minimum Gasteiger partial charge on any atom is -0.454 e. The average Bonchev–Trinajstić information content (AvgIpc) is 3.36. The van der Waals surface area contributed by atoms with Gasteiger partial charge in [-0.2, -0.15) is 9.30 Å². The molecular weight excluding hydrogens is 457 g/mol. The van der Waals surface area contributed by atoms with Crippen molar-refractivity contribution in [3.05, 3.63) is 47.0 Å². The van der Waals surface area contributed by atoms with Gasteiger partial charge in [0.2, 0.25) is 16.8 Å². The normalized spacial score (nSPS) is 17.9. The fourth-order valence-corrected chi connectivity index (χ4v) is 6.41. The van der Waals surface area contributed by atoms with Crippen LogP contribution in [0.2, 0.25) is 0 Å². The Kier molecular flexibility index (Phi) is 5.26. The minimum absolute atomic E-state index is 0.0468. The Morgan fingerprint density at radius 2 is 1.78 bits per heavy atom. The Hall–Kier alpha value is -2.76. The zero-order chi connectivity index (χ0) is 22.5. The van der Waals surface area contributed by atoms with Crippen LogP contribution in [0.1, 0.15) is 12.8 Å². The van der Waals surface area contributed by atoms with Crippen LogP contribution in [0.25, 0.3) is 10.2 Å². The first-order valence-corrected chi connectivity index (χ1v) is 12.3. The first-order valence-electron chi connectivity index (χ1n) is 10.1. The van der Waals surface area contributed by atoms with Crippen molar-refractivity contribution >= 4 is 37.5 Å². The van der Waals surface area contributed by atoms with E-state index in [9.17, 15) is 17.6 Å². The quantitative estimate of drug-likeness (QED) is 0.579. The molecule has 168 valence electrons. The van der Waals surface area contributed by atoms with Crippen molar-refractivity contribution in [2.75, 3.05) is 19.9 Å². The lowest BCUT2D eigenvalue weighted by molar-refractivity contribution is -0.122. The highest BCUT2D eigenvalue weighted by atomic mass is 32.2. The molecule has 0 bridgehead atoms.